The third kappa shape index (κ3) is 10.3. The number of carbonyl (C=O) groups excluding carboxylic acids is 4. The van der Waals surface area contributed by atoms with E-state index in [0.717, 1.165) is 5.06 Å². The van der Waals surface area contributed by atoms with Crippen molar-refractivity contribution in [2.45, 2.75) is 39.0 Å². The first kappa shape index (κ1) is 21.8. The van der Waals surface area contributed by atoms with Crippen LogP contribution in [0.5, 0.6) is 0 Å². The fourth-order valence-corrected chi connectivity index (χ4v) is 1.38. The van der Waals surface area contributed by atoms with Crippen LogP contribution < -0.4 is 0 Å². The average molecular weight is 309 g/mol. The Balaban J connectivity index is 0. The lowest BCUT2D eigenvalue weighted by atomic mass is 10.2. The molecule has 1 aliphatic heterocycles. The van der Waals surface area contributed by atoms with Crippen LogP contribution in [0.4, 0.5) is 0 Å². The van der Waals surface area contributed by atoms with Gasteiger partial charge in [0.05, 0.1) is 5.70 Å². The van der Waals surface area contributed by atoms with Gasteiger partial charge in [0, 0.05) is 19.3 Å². The van der Waals surface area contributed by atoms with Crippen LogP contribution >= 0.6 is 0 Å². The van der Waals surface area contributed by atoms with Crippen molar-refractivity contribution in [1.82, 2.24) is 5.06 Å². The van der Waals surface area contributed by atoms with Gasteiger partial charge in [0.2, 0.25) is 0 Å². The van der Waals surface area contributed by atoms with E-state index in [-0.39, 0.29) is 18.1 Å². The third-order valence-electron chi connectivity index (χ3n) is 2.41. The summed E-state index contributed by atoms with van der Waals surface area (Å²) in [6.45, 7) is 13.8. The first-order valence-electron chi connectivity index (χ1n) is 6.65. The minimum absolute atomic E-state index is 0.0365. The lowest BCUT2D eigenvalue weighted by Gasteiger charge is -2.15. The summed E-state index contributed by atoms with van der Waals surface area (Å²) in [5.74, 6) is -0.711. The van der Waals surface area contributed by atoms with Gasteiger partial charge >= 0.3 is 5.97 Å². The second-order valence-corrected chi connectivity index (χ2v) is 4.24. The molecule has 122 valence electrons. The monoisotopic (exact) mass is 309 g/mol. The van der Waals surface area contributed by atoms with Gasteiger partial charge in [-0.25, -0.2) is 4.79 Å². The minimum atomic E-state index is -0.502. The van der Waals surface area contributed by atoms with E-state index in [1.807, 2.05) is 6.79 Å². The molecule has 0 aliphatic carbocycles. The first-order valence-corrected chi connectivity index (χ1v) is 6.65. The normalized spacial score (nSPS) is 12.3. The van der Waals surface area contributed by atoms with Gasteiger partial charge in [-0.3, -0.25) is 4.79 Å². The third-order valence-corrected chi connectivity index (χ3v) is 2.41. The molecule has 1 fully saturated rings. The van der Waals surface area contributed by atoms with Crippen LogP contribution in [0.15, 0.2) is 37.6 Å². The molecule has 1 heterocycles. The smallest absolute Gasteiger partial charge is 0.333 e. The molecule has 1 aliphatic rings. The standard InChI is InChI=1S/C11H15NO4.C4H6.CH2O/c1-8-6-7-10(14)12(8)16-11(15)5-3-4-9(2)13;1-3-4-2;1-2/h1,3-7H2,2H3;3-4H,1-2H2;1H2. The number of hydroxylamine groups is 2. The molecular weight excluding hydrogens is 286 g/mol. The van der Waals surface area contributed by atoms with E-state index in [0.29, 0.717) is 31.4 Å². The number of rotatable bonds is 6. The van der Waals surface area contributed by atoms with E-state index in [1.54, 1.807) is 12.2 Å². The first-order chi connectivity index (χ1) is 10.4. The van der Waals surface area contributed by atoms with Gasteiger partial charge in [-0.2, -0.15) is 0 Å². The summed E-state index contributed by atoms with van der Waals surface area (Å²) in [6.07, 6.45) is 5.07. The maximum atomic E-state index is 11.3. The summed E-state index contributed by atoms with van der Waals surface area (Å²) in [5.41, 5.74) is 0.505. The number of ketones is 1. The van der Waals surface area contributed by atoms with Crippen LogP contribution in [0.1, 0.15) is 39.0 Å². The van der Waals surface area contributed by atoms with E-state index >= 15 is 0 Å². The number of allylic oxidation sites excluding steroid dienone is 3. The maximum Gasteiger partial charge on any atom is 0.333 e. The molecule has 0 aromatic rings. The highest BCUT2D eigenvalue weighted by molar-refractivity contribution is 5.82. The lowest BCUT2D eigenvalue weighted by Crippen LogP contribution is -2.26. The molecule has 0 aromatic carbocycles. The van der Waals surface area contributed by atoms with E-state index in [2.05, 4.69) is 19.7 Å². The van der Waals surface area contributed by atoms with Crippen LogP contribution in [0, 0.1) is 0 Å². The van der Waals surface area contributed by atoms with Crippen LogP contribution in [0.2, 0.25) is 0 Å². The quantitative estimate of drug-likeness (QED) is 0.704. The summed E-state index contributed by atoms with van der Waals surface area (Å²) in [7, 11) is 0. The number of Topliss-reactive ketones (excluding diaryl/α,β-unsaturated/α-hetero) is 1. The van der Waals surface area contributed by atoms with Gasteiger partial charge < -0.3 is 14.4 Å². The molecule has 0 spiro atoms. The number of nitrogens with zero attached hydrogens (tertiary/aromatic N) is 1. The Morgan fingerprint density at radius 2 is 1.73 bits per heavy atom. The van der Waals surface area contributed by atoms with Crippen molar-refractivity contribution in [3.8, 4) is 0 Å². The fourth-order valence-electron chi connectivity index (χ4n) is 1.38. The second-order valence-electron chi connectivity index (χ2n) is 4.24. The van der Waals surface area contributed by atoms with Gasteiger partial charge in [0.1, 0.15) is 12.6 Å². The summed E-state index contributed by atoms with van der Waals surface area (Å²) in [6, 6.07) is 0. The molecule has 0 aromatic heterocycles. The summed E-state index contributed by atoms with van der Waals surface area (Å²) >= 11 is 0. The summed E-state index contributed by atoms with van der Waals surface area (Å²) < 4.78 is 0. The van der Waals surface area contributed by atoms with Crippen LogP contribution in [-0.4, -0.2) is 29.5 Å². The van der Waals surface area contributed by atoms with Crippen molar-refractivity contribution in [3.05, 3.63) is 37.6 Å². The molecule has 6 nitrogen and oxygen atoms in total. The van der Waals surface area contributed by atoms with Crippen molar-refractivity contribution in [2.75, 3.05) is 0 Å². The predicted molar refractivity (Wildman–Crippen MR) is 83.4 cm³/mol. The average Bonchev–Trinajstić information content (AvgIpc) is 2.81. The van der Waals surface area contributed by atoms with Gasteiger partial charge in [-0.1, -0.05) is 31.9 Å². The van der Waals surface area contributed by atoms with Crippen molar-refractivity contribution < 1.29 is 24.0 Å². The van der Waals surface area contributed by atoms with E-state index in [4.69, 9.17) is 9.63 Å². The molecule has 0 bridgehead atoms. The largest absolute Gasteiger partial charge is 0.334 e. The molecule has 0 saturated carbocycles. The summed E-state index contributed by atoms with van der Waals surface area (Å²) in [5, 5.41) is 0.954. The SMILES string of the molecule is C=C1CCC(=O)N1OC(=O)CCCC(C)=O.C=CC=C.C=O. The molecule has 0 N–H and O–H groups in total. The van der Waals surface area contributed by atoms with E-state index < -0.39 is 5.97 Å². The van der Waals surface area contributed by atoms with Gasteiger partial charge in [0.25, 0.3) is 5.91 Å². The molecular formula is C16H23NO5. The molecule has 0 atom stereocenters. The van der Waals surface area contributed by atoms with Crippen molar-refractivity contribution >= 4 is 24.4 Å². The Bertz CT molecular complexity index is 406. The molecule has 22 heavy (non-hydrogen) atoms. The Kier molecular flexibility index (Phi) is 13.4. The zero-order chi connectivity index (χ0) is 17.5. The highest BCUT2D eigenvalue weighted by Gasteiger charge is 2.27. The highest BCUT2D eigenvalue weighted by atomic mass is 16.7. The predicted octanol–water partition coefficient (Wildman–Crippen LogP) is 2.51. The van der Waals surface area contributed by atoms with Crippen molar-refractivity contribution in [2.24, 2.45) is 0 Å². The number of hydrogen-bond acceptors (Lipinski definition) is 5. The Morgan fingerprint density at radius 3 is 2.09 bits per heavy atom. The van der Waals surface area contributed by atoms with Crippen LogP contribution in [-0.2, 0) is 24.0 Å². The molecule has 0 radical (unpaired) electrons. The minimum Gasteiger partial charge on any atom is -0.334 e. The highest BCUT2D eigenvalue weighted by Crippen LogP contribution is 2.21. The van der Waals surface area contributed by atoms with Crippen LogP contribution in [0.3, 0.4) is 0 Å². The van der Waals surface area contributed by atoms with Crippen molar-refractivity contribution in [3.63, 3.8) is 0 Å². The zero-order valence-electron chi connectivity index (χ0n) is 13.0. The zero-order valence-corrected chi connectivity index (χ0v) is 13.0. The molecule has 1 saturated heterocycles. The number of hydrogen-bond donors (Lipinski definition) is 0. The Labute approximate surface area is 131 Å². The van der Waals surface area contributed by atoms with Gasteiger partial charge in [-0.05, 0) is 19.8 Å². The molecule has 1 rings (SSSR count). The molecule has 0 unspecified atom stereocenters. The molecule has 1 amide bonds. The topological polar surface area (TPSA) is 80.8 Å². The number of carbonyl (C=O) groups is 4. The molecule has 6 heteroatoms. The van der Waals surface area contributed by atoms with Crippen LogP contribution in [0.25, 0.3) is 0 Å². The van der Waals surface area contributed by atoms with Crippen molar-refractivity contribution in [1.29, 1.82) is 0 Å². The number of amides is 1. The lowest BCUT2D eigenvalue weighted by molar-refractivity contribution is -0.186. The fraction of sp³-hybridized carbons (Fsp3) is 0.375. The van der Waals surface area contributed by atoms with E-state index in [1.165, 1.54) is 6.92 Å². The second kappa shape index (κ2) is 13.5. The Morgan fingerprint density at radius 1 is 1.18 bits per heavy atom. The maximum absolute atomic E-state index is 11.3. The Hall–Kier alpha value is -2.50. The van der Waals surface area contributed by atoms with Gasteiger partial charge in [-0.15, -0.1) is 5.06 Å². The van der Waals surface area contributed by atoms with Gasteiger partial charge in [0.15, 0.2) is 0 Å². The summed E-state index contributed by atoms with van der Waals surface area (Å²) in [4.78, 5) is 46.0. The van der Waals surface area contributed by atoms with E-state index in [9.17, 15) is 14.4 Å².